The van der Waals surface area contributed by atoms with Crippen LogP contribution >= 0.6 is 11.3 Å². The number of nitrogens with one attached hydrogen (secondary N) is 1. The summed E-state index contributed by atoms with van der Waals surface area (Å²) in [5, 5.41) is 15.2. The third-order valence-corrected chi connectivity index (χ3v) is 2.86. The molecule has 17 heavy (non-hydrogen) atoms. The Balaban J connectivity index is 2.11. The molecule has 2 rings (SSSR count). The maximum atomic E-state index is 12.3. The number of anilines is 1. The van der Waals surface area contributed by atoms with Gasteiger partial charge < -0.3 is 5.32 Å². The van der Waals surface area contributed by atoms with E-state index in [-0.39, 0.29) is 6.54 Å². The second-order valence-electron chi connectivity index (χ2n) is 3.18. The standard InChI is InChI=1S/C8H8F3N5S/c1-12-7-15-14-6(17-7)4-16-3-5(2-13-16)8(9,10)11/h2-3H,4H2,1H3,(H,12,15). The molecule has 0 spiro atoms. The molecule has 0 atom stereocenters. The molecule has 5 nitrogen and oxygen atoms in total. The summed E-state index contributed by atoms with van der Waals surface area (Å²) in [7, 11) is 1.69. The Bertz CT molecular complexity index is 503. The Kier molecular flexibility index (Phi) is 3.01. The van der Waals surface area contributed by atoms with Crippen LogP contribution in [0.3, 0.4) is 0 Å². The second kappa shape index (κ2) is 4.32. The van der Waals surface area contributed by atoms with E-state index < -0.39 is 11.7 Å². The van der Waals surface area contributed by atoms with Crippen LogP contribution in [0.5, 0.6) is 0 Å². The quantitative estimate of drug-likeness (QED) is 0.918. The largest absolute Gasteiger partial charge is 0.419 e. The lowest BCUT2D eigenvalue weighted by atomic mass is 10.4. The van der Waals surface area contributed by atoms with Crippen molar-refractivity contribution in [2.45, 2.75) is 12.7 Å². The molecule has 0 aromatic carbocycles. The van der Waals surface area contributed by atoms with E-state index >= 15 is 0 Å². The molecule has 0 bridgehead atoms. The fourth-order valence-corrected chi connectivity index (χ4v) is 1.84. The zero-order valence-electron chi connectivity index (χ0n) is 8.69. The van der Waals surface area contributed by atoms with Gasteiger partial charge >= 0.3 is 6.18 Å². The number of hydrogen-bond donors (Lipinski definition) is 1. The highest BCUT2D eigenvalue weighted by Crippen LogP contribution is 2.28. The third kappa shape index (κ3) is 2.73. The molecule has 9 heteroatoms. The van der Waals surface area contributed by atoms with Crippen LogP contribution in [0, 0.1) is 0 Å². The van der Waals surface area contributed by atoms with Crippen LogP contribution in [0.1, 0.15) is 10.6 Å². The molecule has 92 valence electrons. The molecule has 0 saturated heterocycles. The van der Waals surface area contributed by atoms with Crippen LogP contribution in [-0.2, 0) is 12.7 Å². The lowest BCUT2D eigenvalue weighted by Crippen LogP contribution is -2.03. The average molecular weight is 263 g/mol. The maximum absolute atomic E-state index is 12.3. The molecule has 0 saturated carbocycles. The first kappa shape index (κ1) is 11.8. The Hall–Kier alpha value is -1.64. The predicted molar refractivity (Wildman–Crippen MR) is 55.8 cm³/mol. The molecule has 0 fully saturated rings. The fraction of sp³-hybridized carbons (Fsp3) is 0.375. The van der Waals surface area contributed by atoms with Gasteiger partial charge in [0.25, 0.3) is 0 Å². The highest BCUT2D eigenvalue weighted by Gasteiger charge is 2.32. The van der Waals surface area contributed by atoms with Crippen molar-refractivity contribution in [2.75, 3.05) is 12.4 Å². The third-order valence-electron chi connectivity index (χ3n) is 1.94. The minimum Gasteiger partial charge on any atom is -0.363 e. The number of alkyl halides is 3. The van der Waals surface area contributed by atoms with Crippen molar-refractivity contribution in [2.24, 2.45) is 0 Å². The van der Waals surface area contributed by atoms with Crippen molar-refractivity contribution in [3.05, 3.63) is 23.0 Å². The van der Waals surface area contributed by atoms with Gasteiger partial charge in [0, 0.05) is 13.2 Å². The van der Waals surface area contributed by atoms with Gasteiger partial charge in [0.1, 0.15) is 5.01 Å². The van der Waals surface area contributed by atoms with Gasteiger partial charge in [-0.15, -0.1) is 10.2 Å². The van der Waals surface area contributed by atoms with Crippen molar-refractivity contribution in [1.29, 1.82) is 0 Å². The molecule has 0 aliphatic carbocycles. The lowest BCUT2D eigenvalue weighted by molar-refractivity contribution is -0.137. The molecule has 2 aromatic rings. The number of hydrogen-bond acceptors (Lipinski definition) is 5. The summed E-state index contributed by atoms with van der Waals surface area (Å²) < 4.78 is 38.1. The van der Waals surface area contributed by atoms with Crippen molar-refractivity contribution in [3.63, 3.8) is 0 Å². The Morgan fingerprint density at radius 1 is 1.41 bits per heavy atom. The summed E-state index contributed by atoms with van der Waals surface area (Å²) >= 11 is 1.27. The molecule has 2 aromatic heterocycles. The molecule has 1 N–H and O–H groups in total. The molecule has 2 heterocycles. The summed E-state index contributed by atoms with van der Waals surface area (Å²) in [5.41, 5.74) is -0.768. The Morgan fingerprint density at radius 3 is 2.71 bits per heavy atom. The second-order valence-corrected chi connectivity index (χ2v) is 4.24. The summed E-state index contributed by atoms with van der Waals surface area (Å²) in [6.45, 7) is 0.176. The summed E-state index contributed by atoms with van der Waals surface area (Å²) in [6.07, 6.45) is -2.63. The maximum Gasteiger partial charge on any atom is 0.419 e. The van der Waals surface area contributed by atoms with Crippen molar-refractivity contribution >= 4 is 16.5 Å². The molecular weight excluding hydrogens is 255 g/mol. The van der Waals surface area contributed by atoms with E-state index in [1.165, 1.54) is 16.0 Å². The van der Waals surface area contributed by atoms with E-state index in [1.807, 2.05) is 0 Å². The zero-order chi connectivity index (χ0) is 12.5. The topological polar surface area (TPSA) is 55.6 Å². The SMILES string of the molecule is CNc1nnc(Cn2cc(C(F)(F)F)cn2)s1. The van der Waals surface area contributed by atoms with Crippen LogP contribution in [-0.4, -0.2) is 27.0 Å². The molecule has 0 amide bonds. The highest BCUT2D eigenvalue weighted by molar-refractivity contribution is 7.15. The molecule has 0 unspecified atom stereocenters. The van der Waals surface area contributed by atoms with Crippen molar-refractivity contribution < 1.29 is 13.2 Å². The van der Waals surface area contributed by atoms with Gasteiger partial charge in [0.2, 0.25) is 5.13 Å². The van der Waals surface area contributed by atoms with E-state index in [0.29, 0.717) is 10.1 Å². The average Bonchev–Trinajstić information content (AvgIpc) is 2.86. The van der Waals surface area contributed by atoms with Gasteiger partial charge in [-0.2, -0.15) is 18.3 Å². The number of aromatic nitrogens is 4. The van der Waals surface area contributed by atoms with E-state index in [2.05, 4.69) is 20.6 Å². The zero-order valence-corrected chi connectivity index (χ0v) is 9.51. The molecule has 0 radical (unpaired) electrons. The van der Waals surface area contributed by atoms with Crippen LogP contribution in [0.2, 0.25) is 0 Å². The van der Waals surface area contributed by atoms with Gasteiger partial charge in [-0.1, -0.05) is 11.3 Å². The smallest absolute Gasteiger partial charge is 0.363 e. The normalized spacial score (nSPS) is 11.8. The molecule has 0 aliphatic heterocycles. The number of rotatable bonds is 3. The predicted octanol–water partition coefficient (Wildman–Crippen LogP) is 1.84. The monoisotopic (exact) mass is 263 g/mol. The van der Waals surface area contributed by atoms with Crippen LogP contribution in [0.4, 0.5) is 18.3 Å². The Labute approximate surface area is 98.3 Å². The summed E-state index contributed by atoms with van der Waals surface area (Å²) in [5.74, 6) is 0. The first-order valence-electron chi connectivity index (χ1n) is 4.59. The minimum absolute atomic E-state index is 0.176. The fourth-order valence-electron chi connectivity index (χ4n) is 1.15. The van der Waals surface area contributed by atoms with Gasteiger partial charge in [0.15, 0.2) is 0 Å². The number of nitrogens with zero attached hydrogens (tertiary/aromatic N) is 4. The first-order valence-corrected chi connectivity index (χ1v) is 5.40. The Morgan fingerprint density at radius 2 is 2.18 bits per heavy atom. The van der Waals surface area contributed by atoms with E-state index in [4.69, 9.17) is 0 Å². The lowest BCUT2D eigenvalue weighted by Gasteiger charge is -2.00. The number of halogens is 3. The van der Waals surface area contributed by atoms with Gasteiger partial charge in [-0.3, -0.25) is 4.68 Å². The van der Waals surface area contributed by atoms with Crippen molar-refractivity contribution in [3.8, 4) is 0 Å². The van der Waals surface area contributed by atoms with Crippen LogP contribution in [0.15, 0.2) is 12.4 Å². The van der Waals surface area contributed by atoms with E-state index in [1.54, 1.807) is 7.05 Å². The van der Waals surface area contributed by atoms with Gasteiger partial charge in [-0.05, 0) is 0 Å². The van der Waals surface area contributed by atoms with E-state index in [9.17, 15) is 13.2 Å². The molecular formula is C8H8F3N5S. The van der Waals surface area contributed by atoms with Crippen LogP contribution < -0.4 is 5.32 Å². The van der Waals surface area contributed by atoms with Crippen molar-refractivity contribution in [1.82, 2.24) is 20.0 Å². The first-order chi connectivity index (χ1) is 7.99. The highest BCUT2D eigenvalue weighted by atomic mass is 32.1. The van der Waals surface area contributed by atoms with E-state index in [0.717, 1.165) is 12.4 Å². The summed E-state index contributed by atoms with van der Waals surface area (Å²) in [6, 6.07) is 0. The molecule has 0 aliphatic rings. The van der Waals surface area contributed by atoms with Crippen LogP contribution in [0.25, 0.3) is 0 Å². The summed E-state index contributed by atoms with van der Waals surface area (Å²) in [4.78, 5) is 0. The minimum atomic E-state index is -4.37. The van der Waals surface area contributed by atoms with Gasteiger partial charge in [0.05, 0.1) is 18.3 Å². The van der Waals surface area contributed by atoms with Gasteiger partial charge in [-0.25, -0.2) is 0 Å².